The van der Waals surface area contributed by atoms with Crippen LogP contribution < -0.4 is 20.5 Å². The first-order chi connectivity index (χ1) is 20.3. The van der Waals surface area contributed by atoms with Crippen molar-refractivity contribution in [3.63, 3.8) is 0 Å². The van der Waals surface area contributed by atoms with Gasteiger partial charge >= 0.3 is 0 Å². The van der Waals surface area contributed by atoms with Crippen LogP contribution in [0.4, 0.5) is 0 Å². The Bertz CT molecular complexity index is 1630. The summed E-state index contributed by atoms with van der Waals surface area (Å²) in [7, 11) is -4.04. The van der Waals surface area contributed by atoms with Crippen molar-refractivity contribution < 1.29 is 17.9 Å². The maximum Gasteiger partial charge on any atom is 0.241 e. The number of nitrogens with two attached hydrogens (primary N) is 1. The van der Waals surface area contributed by atoms with E-state index >= 15 is 0 Å². The summed E-state index contributed by atoms with van der Waals surface area (Å²) < 4.78 is 35.4. The Hall–Kier alpha value is -4.06. The second-order valence-corrected chi connectivity index (χ2v) is 12.3. The summed E-state index contributed by atoms with van der Waals surface area (Å²) >= 11 is 0. The molecular weight excluding hydrogens is 588 g/mol. The van der Waals surface area contributed by atoms with Crippen molar-refractivity contribution in [2.75, 3.05) is 19.6 Å². The highest BCUT2D eigenvalue weighted by atomic mass is 35.5. The summed E-state index contributed by atoms with van der Waals surface area (Å²) in [5.74, 6) is 0.262. The van der Waals surface area contributed by atoms with Crippen molar-refractivity contribution in [2.45, 2.75) is 36.8 Å². The van der Waals surface area contributed by atoms with Crippen LogP contribution in [-0.4, -0.2) is 55.8 Å². The van der Waals surface area contributed by atoms with Gasteiger partial charge in [-0.3, -0.25) is 10.2 Å². The number of nitrogens with zero attached hydrogens (tertiary/aromatic N) is 1. The van der Waals surface area contributed by atoms with Gasteiger partial charge in [0, 0.05) is 36.7 Å². The number of likely N-dealkylation sites (tertiary alicyclic amines) is 1. The number of guanidine groups is 1. The fraction of sp³-hybridized carbons (Fsp3) is 0.290. The molecule has 1 fully saturated rings. The van der Waals surface area contributed by atoms with Crippen molar-refractivity contribution in [1.29, 1.82) is 5.41 Å². The number of aromatic amines is 1. The van der Waals surface area contributed by atoms with Gasteiger partial charge in [0.05, 0.1) is 4.90 Å². The molecule has 1 amide bonds. The first-order valence-electron chi connectivity index (χ1n) is 14.0. The number of fused-ring (bicyclic) bond motifs is 1. The number of H-pyrrole nitrogens is 1. The molecular formula is C31H37ClN6O4S. The Morgan fingerprint density at radius 2 is 1.79 bits per heavy atom. The number of hydrogen-bond acceptors (Lipinski definition) is 5. The Kier molecular flexibility index (Phi) is 10.7. The minimum atomic E-state index is -4.04. The van der Waals surface area contributed by atoms with Crippen LogP contribution in [-0.2, 0) is 27.8 Å². The number of piperidine rings is 1. The number of benzene rings is 3. The second-order valence-electron chi connectivity index (χ2n) is 10.6. The first-order valence-corrected chi connectivity index (χ1v) is 15.5. The summed E-state index contributed by atoms with van der Waals surface area (Å²) in [6.07, 6.45) is 3.74. The number of ether oxygens (including phenoxy) is 1. The molecule has 1 unspecified atom stereocenters. The predicted octanol–water partition coefficient (Wildman–Crippen LogP) is 3.78. The summed E-state index contributed by atoms with van der Waals surface area (Å²) in [5, 5.41) is 11.6. The molecule has 43 heavy (non-hydrogen) atoms. The van der Waals surface area contributed by atoms with Crippen molar-refractivity contribution in [3.05, 3.63) is 96.2 Å². The number of aromatic nitrogens is 1. The van der Waals surface area contributed by atoms with E-state index in [4.69, 9.17) is 15.9 Å². The lowest BCUT2D eigenvalue weighted by molar-refractivity contribution is -0.122. The fourth-order valence-electron chi connectivity index (χ4n) is 5.24. The van der Waals surface area contributed by atoms with Crippen molar-refractivity contribution >= 4 is 45.2 Å². The third-order valence-electron chi connectivity index (χ3n) is 7.52. The highest BCUT2D eigenvalue weighted by Crippen LogP contribution is 2.22. The van der Waals surface area contributed by atoms with E-state index < -0.39 is 22.0 Å². The zero-order chi connectivity index (χ0) is 29.5. The van der Waals surface area contributed by atoms with Crippen LogP contribution in [0.1, 0.15) is 24.0 Å². The minimum absolute atomic E-state index is 0. The molecule has 0 aliphatic carbocycles. The molecule has 6 N–H and O–H groups in total. The van der Waals surface area contributed by atoms with Gasteiger partial charge in [0.25, 0.3) is 0 Å². The quantitative estimate of drug-likeness (QED) is 0.126. The number of para-hydroxylation sites is 1. The van der Waals surface area contributed by atoms with Gasteiger partial charge in [-0.05, 0) is 66.6 Å². The van der Waals surface area contributed by atoms with Crippen LogP contribution in [0.3, 0.4) is 0 Å². The number of nitrogens with one attached hydrogen (secondary N) is 4. The molecule has 0 saturated carbocycles. The molecule has 1 saturated heterocycles. The van der Waals surface area contributed by atoms with Crippen LogP contribution in [0, 0.1) is 11.3 Å². The summed E-state index contributed by atoms with van der Waals surface area (Å²) in [4.78, 5) is 18.5. The molecule has 2 heterocycles. The van der Waals surface area contributed by atoms with Crippen LogP contribution in [0.2, 0.25) is 0 Å². The highest BCUT2D eigenvalue weighted by Gasteiger charge is 2.28. The average Bonchev–Trinajstić information content (AvgIpc) is 3.42. The summed E-state index contributed by atoms with van der Waals surface area (Å²) in [6.45, 7) is 2.03. The van der Waals surface area contributed by atoms with Crippen LogP contribution in [0.25, 0.3) is 10.9 Å². The fourth-order valence-corrected chi connectivity index (χ4v) is 6.43. The molecule has 5 rings (SSSR count). The monoisotopic (exact) mass is 624 g/mol. The molecule has 1 aromatic heterocycles. The third-order valence-corrected chi connectivity index (χ3v) is 9.01. The maximum atomic E-state index is 13.5. The van der Waals surface area contributed by atoms with E-state index in [0.29, 0.717) is 25.4 Å². The van der Waals surface area contributed by atoms with Gasteiger partial charge in [0.1, 0.15) is 18.4 Å². The third kappa shape index (κ3) is 8.28. The molecule has 0 spiro atoms. The van der Waals surface area contributed by atoms with E-state index in [0.717, 1.165) is 41.4 Å². The SMILES string of the molecule is Cl.N=C(N)N1CCCC(CNC(=O)[C@@H](Cc2c[nH]c3ccccc23)NS(=O)(=O)c2ccc(OCc3ccccc3)cc2)C1. The molecule has 1 aliphatic heterocycles. The Labute approximate surface area is 258 Å². The van der Waals surface area contributed by atoms with Crippen LogP contribution in [0.15, 0.2) is 90.0 Å². The number of sulfonamides is 1. The molecule has 12 heteroatoms. The smallest absolute Gasteiger partial charge is 0.241 e. The molecule has 10 nitrogen and oxygen atoms in total. The van der Waals surface area contributed by atoms with E-state index in [1.807, 2.05) is 60.8 Å². The van der Waals surface area contributed by atoms with Gasteiger partial charge in [0.15, 0.2) is 5.96 Å². The zero-order valence-electron chi connectivity index (χ0n) is 23.7. The predicted molar refractivity (Wildman–Crippen MR) is 170 cm³/mol. The molecule has 4 aromatic rings. The van der Waals surface area contributed by atoms with E-state index in [1.54, 1.807) is 17.0 Å². The van der Waals surface area contributed by atoms with Gasteiger partial charge < -0.3 is 25.7 Å². The molecule has 0 radical (unpaired) electrons. The van der Waals surface area contributed by atoms with E-state index in [-0.39, 0.29) is 35.6 Å². The lowest BCUT2D eigenvalue weighted by Crippen LogP contribution is -2.51. The van der Waals surface area contributed by atoms with E-state index in [1.165, 1.54) is 12.1 Å². The van der Waals surface area contributed by atoms with Crippen LogP contribution in [0.5, 0.6) is 5.75 Å². The van der Waals surface area contributed by atoms with Crippen molar-refractivity contribution in [1.82, 2.24) is 19.9 Å². The Balaban J connectivity index is 0.00000423. The lowest BCUT2D eigenvalue weighted by atomic mass is 9.98. The number of rotatable bonds is 11. The number of hydrogen-bond donors (Lipinski definition) is 5. The first kappa shape index (κ1) is 31.9. The standard InChI is InChI=1S/C31H36N6O4S.ClH/c32-31(33)37-16-6-9-23(20-37)18-35-30(38)29(17-24-19-34-28-11-5-4-10-27(24)28)36-42(39,40)26-14-12-25(13-15-26)41-21-22-7-2-1-3-8-22;/h1-5,7-8,10-15,19,23,29,34,36H,6,9,16-18,20-21H2,(H3,32,33)(H,35,38);1H/t23?,29-;/m1./s1. The van der Waals surface area contributed by atoms with E-state index in [2.05, 4.69) is 15.0 Å². The van der Waals surface area contributed by atoms with Crippen molar-refractivity contribution in [3.8, 4) is 5.75 Å². The van der Waals surface area contributed by atoms with Gasteiger partial charge in [0.2, 0.25) is 15.9 Å². The van der Waals surface area contributed by atoms with Crippen molar-refractivity contribution in [2.24, 2.45) is 11.7 Å². The molecule has 3 aromatic carbocycles. The minimum Gasteiger partial charge on any atom is -0.489 e. The molecule has 228 valence electrons. The van der Waals surface area contributed by atoms with Gasteiger partial charge in [-0.1, -0.05) is 48.5 Å². The van der Waals surface area contributed by atoms with Gasteiger partial charge in [-0.2, -0.15) is 4.72 Å². The molecule has 2 atom stereocenters. The molecule has 0 bridgehead atoms. The summed E-state index contributed by atoms with van der Waals surface area (Å²) in [6, 6.07) is 22.5. The Morgan fingerprint density at radius 1 is 1.07 bits per heavy atom. The maximum absolute atomic E-state index is 13.5. The summed E-state index contributed by atoms with van der Waals surface area (Å²) in [5.41, 5.74) is 8.41. The zero-order valence-corrected chi connectivity index (χ0v) is 25.3. The largest absolute Gasteiger partial charge is 0.489 e. The Morgan fingerprint density at radius 3 is 2.53 bits per heavy atom. The number of halogens is 1. The number of amides is 1. The van der Waals surface area contributed by atoms with Gasteiger partial charge in [-0.15, -0.1) is 12.4 Å². The number of carbonyl (C=O) groups excluding carboxylic acids is 1. The number of carbonyl (C=O) groups is 1. The average molecular weight is 625 g/mol. The lowest BCUT2D eigenvalue weighted by Gasteiger charge is -2.33. The van der Waals surface area contributed by atoms with Gasteiger partial charge in [-0.25, -0.2) is 8.42 Å². The van der Waals surface area contributed by atoms with E-state index in [9.17, 15) is 13.2 Å². The topological polar surface area (TPSA) is 153 Å². The molecule has 1 aliphatic rings. The van der Waals surface area contributed by atoms with Crippen LogP contribution >= 0.6 is 12.4 Å². The normalized spacial score (nSPS) is 15.8. The highest BCUT2D eigenvalue weighted by molar-refractivity contribution is 7.89. The second kappa shape index (κ2) is 14.4.